The van der Waals surface area contributed by atoms with Crippen LogP contribution in [-0.4, -0.2) is 24.2 Å². The van der Waals surface area contributed by atoms with Crippen molar-refractivity contribution in [3.63, 3.8) is 0 Å². The number of thiophene rings is 1. The van der Waals surface area contributed by atoms with E-state index in [4.69, 9.17) is 5.11 Å². The van der Waals surface area contributed by atoms with Crippen LogP contribution < -0.4 is 5.32 Å². The highest BCUT2D eigenvalue weighted by Gasteiger charge is 2.17. The second-order valence-electron chi connectivity index (χ2n) is 4.41. The van der Waals surface area contributed by atoms with Crippen LogP contribution in [0.4, 0.5) is 0 Å². The number of rotatable bonds is 5. The van der Waals surface area contributed by atoms with E-state index in [-0.39, 0.29) is 17.9 Å². The minimum atomic E-state index is -0.246. The Bertz CT molecular complexity index is 306. The van der Waals surface area contributed by atoms with Gasteiger partial charge in [-0.2, -0.15) is 11.3 Å². The maximum atomic E-state index is 11.5. The summed E-state index contributed by atoms with van der Waals surface area (Å²) >= 11 is 1.59. The zero-order valence-electron chi connectivity index (χ0n) is 9.12. The fourth-order valence-corrected chi connectivity index (χ4v) is 1.70. The third-order valence-electron chi connectivity index (χ3n) is 2.14. The van der Waals surface area contributed by atoms with Gasteiger partial charge in [0.25, 0.3) is 0 Å². The summed E-state index contributed by atoms with van der Waals surface area (Å²) in [7, 11) is 0. The highest BCUT2D eigenvalue weighted by atomic mass is 32.1. The number of amides is 1. The number of carbonyl (C=O) groups is 1. The lowest BCUT2D eigenvalue weighted by molar-refractivity contribution is -0.121. The first-order chi connectivity index (χ1) is 7.03. The second-order valence-corrected chi connectivity index (χ2v) is 5.19. The molecular formula is C11H17NO2S. The second kappa shape index (κ2) is 5.28. The molecule has 1 aromatic heterocycles. The summed E-state index contributed by atoms with van der Waals surface area (Å²) in [4.78, 5) is 11.5. The molecule has 0 aliphatic heterocycles. The van der Waals surface area contributed by atoms with E-state index in [1.165, 1.54) is 0 Å². The van der Waals surface area contributed by atoms with Crippen LogP contribution in [0.5, 0.6) is 0 Å². The van der Waals surface area contributed by atoms with E-state index in [2.05, 4.69) is 5.32 Å². The van der Waals surface area contributed by atoms with Crippen LogP contribution in [0, 0.1) is 5.41 Å². The lowest BCUT2D eigenvalue weighted by Crippen LogP contribution is -2.36. The van der Waals surface area contributed by atoms with Crippen molar-refractivity contribution >= 4 is 17.2 Å². The lowest BCUT2D eigenvalue weighted by atomic mass is 9.95. The Morgan fingerprint density at radius 1 is 1.60 bits per heavy atom. The largest absolute Gasteiger partial charge is 0.396 e. The van der Waals surface area contributed by atoms with Gasteiger partial charge in [0.2, 0.25) is 5.91 Å². The third kappa shape index (κ3) is 4.44. The van der Waals surface area contributed by atoms with Gasteiger partial charge in [-0.3, -0.25) is 4.79 Å². The van der Waals surface area contributed by atoms with E-state index in [9.17, 15) is 4.79 Å². The molecular weight excluding hydrogens is 210 g/mol. The summed E-state index contributed by atoms with van der Waals surface area (Å²) < 4.78 is 0. The lowest BCUT2D eigenvalue weighted by Gasteiger charge is -2.21. The molecule has 0 fully saturated rings. The van der Waals surface area contributed by atoms with Gasteiger partial charge in [-0.1, -0.05) is 13.8 Å². The van der Waals surface area contributed by atoms with Crippen molar-refractivity contribution in [3.05, 3.63) is 22.4 Å². The van der Waals surface area contributed by atoms with Crippen LogP contribution in [0.15, 0.2) is 16.8 Å². The van der Waals surface area contributed by atoms with Crippen molar-refractivity contribution in [2.75, 3.05) is 13.2 Å². The molecule has 0 spiro atoms. The first-order valence-electron chi connectivity index (χ1n) is 4.92. The highest BCUT2D eigenvalue weighted by molar-refractivity contribution is 7.07. The molecule has 1 heterocycles. The molecule has 0 aromatic carbocycles. The third-order valence-corrected chi connectivity index (χ3v) is 2.87. The molecule has 1 aromatic rings. The Morgan fingerprint density at radius 3 is 2.87 bits per heavy atom. The van der Waals surface area contributed by atoms with Gasteiger partial charge in [0.05, 0.1) is 6.42 Å². The Kier molecular flexibility index (Phi) is 4.29. The molecule has 0 aliphatic carbocycles. The Labute approximate surface area is 94.1 Å². The van der Waals surface area contributed by atoms with Crippen LogP contribution in [0.25, 0.3) is 0 Å². The standard InChI is InChI=1S/C11H17NO2S/c1-11(2,8-13)7-12-10(14)5-9-3-4-15-6-9/h3-4,6,13H,5,7-8H2,1-2H3,(H,12,14). The summed E-state index contributed by atoms with van der Waals surface area (Å²) in [6, 6.07) is 1.95. The van der Waals surface area contributed by atoms with E-state index >= 15 is 0 Å². The molecule has 1 rings (SSSR count). The average Bonchev–Trinajstić information content (AvgIpc) is 2.68. The SMILES string of the molecule is CC(C)(CO)CNC(=O)Cc1ccsc1. The summed E-state index contributed by atoms with van der Waals surface area (Å²) in [5.74, 6) is 0.00919. The van der Waals surface area contributed by atoms with Gasteiger partial charge in [-0.15, -0.1) is 0 Å². The zero-order chi connectivity index (χ0) is 11.3. The molecule has 4 heteroatoms. The fraction of sp³-hybridized carbons (Fsp3) is 0.545. The molecule has 15 heavy (non-hydrogen) atoms. The van der Waals surface area contributed by atoms with E-state index in [1.54, 1.807) is 11.3 Å². The first kappa shape index (κ1) is 12.2. The van der Waals surface area contributed by atoms with Crippen molar-refractivity contribution in [1.29, 1.82) is 0 Å². The van der Waals surface area contributed by atoms with E-state index in [1.807, 2.05) is 30.7 Å². The molecule has 1 amide bonds. The number of aliphatic hydroxyl groups excluding tert-OH is 1. The van der Waals surface area contributed by atoms with Gasteiger partial charge in [0, 0.05) is 18.6 Å². The van der Waals surface area contributed by atoms with Gasteiger partial charge < -0.3 is 10.4 Å². The molecule has 2 N–H and O–H groups in total. The zero-order valence-corrected chi connectivity index (χ0v) is 9.93. The molecule has 0 radical (unpaired) electrons. The topological polar surface area (TPSA) is 49.3 Å². The number of hydrogen-bond acceptors (Lipinski definition) is 3. The van der Waals surface area contributed by atoms with Gasteiger partial charge in [-0.05, 0) is 22.4 Å². The average molecular weight is 227 g/mol. The minimum Gasteiger partial charge on any atom is -0.396 e. The monoisotopic (exact) mass is 227 g/mol. The minimum absolute atomic E-state index is 0.00919. The van der Waals surface area contributed by atoms with Gasteiger partial charge in [0.1, 0.15) is 0 Å². The van der Waals surface area contributed by atoms with Crippen molar-refractivity contribution < 1.29 is 9.90 Å². The molecule has 84 valence electrons. The van der Waals surface area contributed by atoms with E-state index < -0.39 is 0 Å². The van der Waals surface area contributed by atoms with Gasteiger partial charge in [-0.25, -0.2) is 0 Å². The summed E-state index contributed by atoms with van der Waals surface area (Å²) in [5, 5.41) is 15.8. The van der Waals surface area contributed by atoms with E-state index in [0.29, 0.717) is 13.0 Å². The van der Waals surface area contributed by atoms with Crippen molar-refractivity contribution in [2.45, 2.75) is 20.3 Å². The molecule has 3 nitrogen and oxygen atoms in total. The van der Waals surface area contributed by atoms with E-state index in [0.717, 1.165) is 5.56 Å². The molecule has 0 saturated heterocycles. The molecule has 0 saturated carbocycles. The Balaban J connectivity index is 2.31. The van der Waals surface area contributed by atoms with Gasteiger partial charge >= 0.3 is 0 Å². The summed E-state index contributed by atoms with van der Waals surface area (Å²) in [6.45, 7) is 4.41. The van der Waals surface area contributed by atoms with Crippen LogP contribution in [0.2, 0.25) is 0 Å². The summed E-state index contributed by atoms with van der Waals surface area (Å²) in [6.07, 6.45) is 0.422. The predicted molar refractivity (Wildman–Crippen MR) is 61.9 cm³/mol. The van der Waals surface area contributed by atoms with Crippen molar-refractivity contribution in [1.82, 2.24) is 5.32 Å². The molecule has 0 unspecified atom stereocenters. The van der Waals surface area contributed by atoms with Crippen LogP contribution in [0.3, 0.4) is 0 Å². The smallest absolute Gasteiger partial charge is 0.224 e. The quantitative estimate of drug-likeness (QED) is 0.799. The molecule has 0 atom stereocenters. The molecule has 0 bridgehead atoms. The maximum Gasteiger partial charge on any atom is 0.224 e. The van der Waals surface area contributed by atoms with Crippen LogP contribution in [0.1, 0.15) is 19.4 Å². The number of hydrogen-bond donors (Lipinski definition) is 2. The number of aliphatic hydroxyl groups is 1. The van der Waals surface area contributed by atoms with Crippen LogP contribution >= 0.6 is 11.3 Å². The fourth-order valence-electron chi connectivity index (χ4n) is 1.03. The summed E-state index contributed by atoms with van der Waals surface area (Å²) in [5.41, 5.74) is 0.795. The number of carbonyl (C=O) groups excluding carboxylic acids is 1. The maximum absolute atomic E-state index is 11.5. The van der Waals surface area contributed by atoms with Crippen LogP contribution in [-0.2, 0) is 11.2 Å². The Hall–Kier alpha value is -0.870. The normalized spacial score (nSPS) is 11.4. The predicted octanol–water partition coefficient (Wildman–Crippen LogP) is 1.43. The van der Waals surface area contributed by atoms with Crippen molar-refractivity contribution in [3.8, 4) is 0 Å². The number of nitrogens with one attached hydrogen (secondary N) is 1. The van der Waals surface area contributed by atoms with Crippen molar-refractivity contribution in [2.24, 2.45) is 5.41 Å². The Morgan fingerprint density at radius 2 is 2.33 bits per heavy atom. The van der Waals surface area contributed by atoms with Gasteiger partial charge in [0.15, 0.2) is 0 Å². The molecule has 0 aliphatic rings. The first-order valence-corrected chi connectivity index (χ1v) is 5.86. The highest BCUT2D eigenvalue weighted by Crippen LogP contribution is 2.11.